The zero-order valence-electron chi connectivity index (χ0n) is 15.9. The number of anilines is 1. The fourth-order valence-corrected chi connectivity index (χ4v) is 4.36. The number of esters is 1. The molecule has 30 heavy (non-hydrogen) atoms. The molecule has 0 saturated carbocycles. The number of para-hydroxylation sites is 2. The topological polar surface area (TPSA) is 99.6 Å². The molecule has 1 aliphatic rings. The van der Waals surface area contributed by atoms with Crippen LogP contribution in [-0.2, 0) is 15.3 Å². The van der Waals surface area contributed by atoms with E-state index in [1.54, 1.807) is 24.3 Å². The summed E-state index contributed by atoms with van der Waals surface area (Å²) in [5, 5.41) is 11.2. The summed E-state index contributed by atoms with van der Waals surface area (Å²) in [7, 11) is 1.35. The second-order valence-corrected chi connectivity index (χ2v) is 8.40. The molecule has 0 radical (unpaired) electrons. The number of rotatable bonds is 6. The molecule has 0 fully saturated rings. The van der Waals surface area contributed by atoms with Gasteiger partial charge < -0.3 is 14.2 Å². The van der Waals surface area contributed by atoms with Crippen LogP contribution < -0.4 is 14.8 Å². The molecule has 154 valence electrons. The zero-order chi connectivity index (χ0) is 20.9. The molecule has 2 aromatic carbocycles. The van der Waals surface area contributed by atoms with Gasteiger partial charge in [0.1, 0.15) is 6.61 Å². The first-order valence-electron chi connectivity index (χ1n) is 8.95. The second kappa shape index (κ2) is 9.14. The molecule has 1 atom stereocenters. The van der Waals surface area contributed by atoms with E-state index < -0.39 is 6.10 Å². The van der Waals surface area contributed by atoms with Crippen LogP contribution >= 0.6 is 23.1 Å². The molecule has 4 rings (SSSR count). The Morgan fingerprint density at radius 3 is 2.70 bits per heavy atom. The summed E-state index contributed by atoms with van der Waals surface area (Å²) in [6.45, 7) is 0.130. The van der Waals surface area contributed by atoms with Gasteiger partial charge in [0.2, 0.25) is 11.2 Å². The Hall–Kier alpha value is -3.11. The van der Waals surface area contributed by atoms with Crippen LogP contribution in [-0.4, -0.2) is 41.9 Å². The SMILES string of the molecule is COC(=O)c1ccc(CSc2nnc(NC(=O)C3COc4ccccc4O3)s2)cc1. The quantitative estimate of drug-likeness (QED) is 0.352. The van der Waals surface area contributed by atoms with Gasteiger partial charge in [-0.2, -0.15) is 0 Å². The van der Waals surface area contributed by atoms with Crippen molar-refractivity contribution in [2.75, 3.05) is 19.0 Å². The summed E-state index contributed by atoms with van der Waals surface area (Å²) in [5.41, 5.74) is 1.53. The van der Waals surface area contributed by atoms with Gasteiger partial charge in [0.05, 0.1) is 12.7 Å². The zero-order valence-corrected chi connectivity index (χ0v) is 17.5. The summed E-state index contributed by atoms with van der Waals surface area (Å²) >= 11 is 2.77. The van der Waals surface area contributed by atoms with Gasteiger partial charge in [-0.3, -0.25) is 10.1 Å². The number of amides is 1. The van der Waals surface area contributed by atoms with E-state index in [9.17, 15) is 9.59 Å². The molecular formula is C20H17N3O5S2. The Bertz CT molecular complexity index is 1050. The van der Waals surface area contributed by atoms with Crippen LogP contribution in [0.25, 0.3) is 0 Å². The van der Waals surface area contributed by atoms with Crippen molar-refractivity contribution >= 4 is 40.1 Å². The number of carbonyl (C=O) groups excluding carboxylic acids is 2. The maximum Gasteiger partial charge on any atom is 0.337 e. The highest BCUT2D eigenvalue weighted by Crippen LogP contribution is 2.32. The molecule has 0 saturated heterocycles. The first-order valence-corrected chi connectivity index (χ1v) is 10.8. The number of benzene rings is 2. The highest BCUT2D eigenvalue weighted by atomic mass is 32.2. The number of methoxy groups -OCH3 is 1. The number of nitrogens with one attached hydrogen (secondary N) is 1. The summed E-state index contributed by atoms with van der Waals surface area (Å²) in [4.78, 5) is 23.9. The van der Waals surface area contributed by atoms with Crippen molar-refractivity contribution in [1.29, 1.82) is 0 Å². The van der Waals surface area contributed by atoms with Gasteiger partial charge in [0.15, 0.2) is 15.8 Å². The number of carbonyl (C=O) groups is 2. The van der Waals surface area contributed by atoms with Crippen molar-refractivity contribution in [3.8, 4) is 11.5 Å². The van der Waals surface area contributed by atoms with Crippen LogP contribution in [0, 0.1) is 0 Å². The number of aromatic nitrogens is 2. The van der Waals surface area contributed by atoms with Gasteiger partial charge in [-0.1, -0.05) is 47.4 Å². The molecule has 8 nitrogen and oxygen atoms in total. The van der Waals surface area contributed by atoms with E-state index in [1.165, 1.54) is 30.2 Å². The first kappa shape index (κ1) is 20.2. The predicted octanol–water partition coefficient (Wildman–Crippen LogP) is 3.40. The Morgan fingerprint density at radius 1 is 1.17 bits per heavy atom. The summed E-state index contributed by atoms with van der Waals surface area (Å²) in [6.07, 6.45) is -0.756. The van der Waals surface area contributed by atoms with Crippen LogP contribution in [0.5, 0.6) is 11.5 Å². The molecule has 2 heterocycles. The van der Waals surface area contributed by atoms with Crippen molar-refractivity contribution in [2.45, 2.75) is 16.2 Å². The Balaban J connectivity index is 1.30. The van der Waals surface area contributed by atoms with Gasteiger partial charge in [0.25, 0.3) is 5.91 Å². The van der Waals surface area contributed by atoms with Crippen molar-refractivity contribution in [3.05, 3.63) is 59.7 Å². The van der Waals surface area contributed by atoms with Gasteiger partial charge in [-0.15, -0.1) is 10.2 Å². The minimum absolute atomic E-state index is 0.130. The van der Waals surface area contributed by atoms with E-state index in [-0.39, 0.29) is 18.5 Å². The molecule has 0 bridgehead atoms. The average molecular weight is 444 g/mol. The van der Waals surface area contributed by atoms with E-state index >= 15 is 0 Å². The van der Waals surface area contributed by atoms with Gasteiger partial charge in [-0.05, 0) is 29.8 Å². The van der Waals surface area contributed by atoms with Crippen molar-refractivity contribution in [3.63, 3.8) is 0 Å². The lowest BCUT2D eigenvalue weighted by molar-refractivity contribution is -0.125. The van der Waals surface area contributed by atoms with Crippen molar-refractivity contribution in [2.24, 2.45) is 0 Å². The molecule has 10 heteroatoms. The van der Waals surface area contributed by atoms with Crippen molar-refractivity contribution in [1.82, 2.24) is 10.2 Å². The van der Waals surface area contributed by atoms with Gasteiger partial charge in [-0.25, -0.2) is 4.79 Å². The highest BCUT2D eigenvalue weighted by Gasteiger charge is 2.28. The third-order valence-corrected chi connectivity index (χ3v) is 6.22. The summed E-state index contributed by atoms with van der Waals surface area (Å²) in [5.74, 6) is 1.11. The number of hydrogen-bond acceptors (Lipinski definition) is 9. The fourth-order valence-electron chi connectivity index (χ4n) is 2.65. The maximum absolute atomic E-state index is 12.5. The second-order valence-electron chi connectivity index (χ2n) is 6.20. The van der Waals surface area contributed by atoms with Crippen LogP contribution in [0.3, 0.4) is 0 Å². The van der Waals surface area contributed by atoms with E-state index in [1.807, 2.05) is 24.3 Å². The molecule has 1 unspecified atom stereocenters. The monoisotopic (exact) mass is 443 g/mol. The number of ether oxygens (including phenoxy) is 3. The maximum atomic E-state index is 12.5. The number of thioether (sulfide) groups is 1. The smallest absolute Gasteiger partial charge is 0.337 e. The third-order valence-electron chi connectivity index (χ3n) is 4.17. The number of fused-ring (bicyclic) bond motifs is 1. The third kappa shape index (κ3) is 4.71. The Morgan fingerprint density at radius 2 is 1.93 bits per heavy atom. The summed E-state index contributed by atoms with van der Waals surface area (Å²) in [6, 6.07) is 14.4. The minimum Gasteiger partial charge on any atom is -0.485 e. The molecule has 1 amide bonds. The molecule has 1 aliphatic heterocycles. The average Bonchev–Trinajstić information content (AvgIpc) is 3.24. The van der Waals surface area contributed by atoms with E-state index in [4.69, 9.17) is 9.47 Å². The van der Waals surface area contributed by atoms with Gasteiger partial charge in [0, 0.05) is 5.75 Å². The minimum atomic E-state index is -0.756. The predicted molar refractivity (Wildman–Crippen MR) is 112 cm³/mol. The lowest BCUT2D eigenvalue weighted by Crippen LogP contribution is -2.40. The van der Waals surface area contributed by atoms with Crippen LogP contribution in [0.2, 0.25) is 0 Å². The molecule has 0 spiro atoms. The molecule has 1 N–H and O–H groups in total. The van der Waals surface area contributed by atoms with Crippen LogP contribution in [0.4, 0.5) is 5.13 Å². The lowest BCUT2D eigenvalue weighted by atomic mass is 10.1. The van der Waals surface area contributed by atoms with E-state index in [2.05, 4.69) is 20.3 Å². The highest BCUT2D eigenvalue weighted by molar-refractivity contribution is 8.00. The molecular weight excluding hydrogens is 426 g/mol. The standard InChI is InChI=1S/C20H17N3O5S2/c1-26-18(25)13-8-6-12(7-9-13)11-29-20-23-22-19(30-20)21-17(24)16-10-27-14-4-2-3-5-15(14)28-16/h2-9,16H,10-11H2,1H3,(H,21,22,24). The number of nitrogens with zero attached hydrogens (tertiary/aromatic N) is 2. The van der Waals surface area contributed by atoms with E-state index in [0.717, 1.165) is 5.56 Å². The van der Waals surface area contributed by atoms with Crippen molar-refractivity contribution < 1.29 is 23.8 Å². The molecule has 3 aromatic rings. The van der Waals surface area contributed by atoms with E-state index in [0.29, 0.717) is 32.3 Å². The number of hydrogen-bond donors (Lipinski definition) is 1. The summed E-state index contributed by atoms with van der Waals surface area (Å²) < 4.78 is 16.7. The first-order chi connectivity index (χ1) is 14.6. The Kier molecular flexibility index (Phi) is 6.15. The lowest BCUT2D eigenvalue weighted by Gasteiger charge is -2.25. The normalized spacial score (nSPS) is 14.8. The van der Waals surface area contributed by atoms with Gasteiger partial charge >= 0.3 is 5.97 Å². The fraction of sp³-hybridized carbons (Fsp3) is 0.200. The largest absolute Gasteiger partial charge is 0.485 e. The van der Waals surface area contributed by atoms with Crippen LogP contribution in [0.15, 0.2) is 52.9 Å². The Labute approximate surface area is 180 Å². The molecule has 0 aliphatic carbocycles. The van der Waals surface area contributed by atoms with Crippen LogP contribution in [0.1, 0.15) is 15.9 Å². The molecule has 1 aromatic heterocycles.